The molecule has 2 atom stereocenters. The summed E-state index contributed by atoms with van der Waals surface area (Å²) in [5, 5.41) is 14.2. The molecule has 2 aliphatic rings. The Morgan fingerprint density at radius 1 is 1.33 bits per heavy atom. The molecule has 2 saturated carbocycles. The number of amides is 2. The maximum absolute atomic E-state index is 11.5. The van der Waals surface area contributed by atoms with E-state index in [-0.39, 0.29) is 12.1 Å². The molecular formula is C10H16N2O3. The molecule has 0 heterocycles. The second-order valence-electron chi connectivity index (χ2n) is 4.65. The minimum absolute atomic E-state index is 0.217. The number of hydrogen-bond donors (Lipinski definition) is 3. The summed E-state index contributed by atoms with van der Waals surface area (Å²) in [6.07, 6.45) is 3.20. The summed E-state index contributed by atoms with van der Waals surface area (Å²) in [5.74, 6) is -0.421. The third-order valence-corrected chi connectivity index (χ3v) is 3.45. The average molecular weight is 212 g/mol. The predicted octanol–water partition coefficient (Wildman–Crippen LogP) is 0.701. The molecule has 84 valence electrons. The Balaban J connectivity index is 1.80. The fourth-order valence-electron chi connectivity index (χ4n) is 1.82. The highest BCUT2D eigenvalue weighted by atomic mass is 16.4. The molecule has 2 amide bonds. The number of aliphatic carboxylic acids is 1. The summed E-state index contributed by atoms with van der Waals surface area (Å²) in [4.78, 5) is 22.3. The Morgan fingerprint density at radius 2 is 2.00 bits per heavy atom. The van der Waals surface area contributed by atoms with Crippen molar-refractivity contribution in [2.45, 2.75) is 44.2 Å². The number of rotatable bonds is 3. The van der Waals surface area contributed by atoms with Gasteiger partial charge < -0.3 is 15.7 Å². The molecule has 3 N–H and O–H groups in total. The molecule has 0 aromatic carbocycles. The Morgan fingerprint density at radius 3 is 2.33 bits per heavy atom. The number of nitrogens with one attached hydrogen (secondary N) is 2. The van der Waals surface area contributed by atoms with E-state index in [0.717, 1.165) is 12.8 Å². The van der Waals surface area contributed by atoms with Crippen molar-refractivity contribution >= 4 is 12.0 Å². The molecule has 5 heteroatoms. The van der Waals surface area contributed by atoms with Crippen molar-refractivity contribution in [3.05, 3.63) is 0 Å². The zero-order valence-electron chi connectivity index (χ0n) is 8.75. The summed E-state index contributed by atoms with van der Waals surface area (Å²) in [5.41, 5.74) is -0.975. The largest absolute Gasteiger partial charge is 0.480 e. The van der Waals surface area contributed by atoms with Crippen molar-refractivity contribution in [2.24, 2.45) is 5.92 Å². The highest BCUT2D eigenvalue weighted by molar-refractivity contribution is 5.89. The van der Waals surface area contributed by atoms with Crippen molar-refractivity contribution in [1.82, 2.24) is 10.6 Å². The van der Waals surface area contributed by atoms with Crippen LogP contribution in [-0.2, 0) is 4.79 Å². The van der Waals surface area contributed by atoms with Crippen LogP contribution >= 0.6 is 0 Å². The molecule has 5 nitrogen and oxygen atoms in total. The molecule has 2 rings (SSSR count). The molecule has 0 aromatic heterocycles. The van der Waals surface area contributed by atoms with Crippen LogP contribution in [0.25, 0.3) is 0 Å². The van der Waals surface area contributed by atoms with E-state index in [1.54, 1.807) is 0 Å². The van der Waals surface area contributed by atoms with Crippen LogP contribution in [0.1, 0.15) is 32.6 Å². The Labute approximate surface area is 88.2 Å². The summed E-state index contributed by atoms with van der Waals surface area (Å²) in [7, 11) is 0. The topological polar surface area (TPSA) is 78.4 Å². The van der Waals surface area contributed by atoms with E-state index in [0.29, 0.717) is 18.8 Å². The molecule has 2 unspecified atom stereocenters. The van der Waals surface area contributed by atoms with Gasteiger partial charge in [-0.25, -0.2) is 9.59 Å². The van der Waals surface area contributed by atoms with Gasteiger partial charge >= 0.3 is 12.0 Å². The normalized spacial score (nSPS) is 31.3. The van der Waals surface area contributed by atoms with E-state index in [9.17, 15) is 9.59 Å². The smallest absolute Gasteiger partial charge is 0.329 e. The van der Waals surface area contributed by atoms with Crippen LogP contribution in [0.5, 0.6) is 0 Å². The molecule has 15 heavy (non-hydrogen) atoms. The fourth-order valence-corrected chi connectivity index (χ4v) is 1.82. The van der Waals surface area contributed by atoms with Gasteiger partial charge in [-0.05, 0) is 31.6 Å². The van der Waals surface area contributed by atoms with E-state index in [2.05, 4.69) is 17.6 Å². The van der Waals surface area contributed by atoms with Crippen LogP contribution < -0.4 is 10.6 Å². The number of carboxylic acid groups (broad SMARTS) is 1. The third-order valence-electron chi connectivity index (χ3n) is 3.45. The summed E-state index contributed by atoms with van der Waals surface area (Å²) in [6, 6.07) is -0.124. The molecule has 0 saturated heterocycles. The zero-order valence-corrected chi connectivity index (χ0v) is 8.75. The zero-order chi connectivity index (χ0) is 11.1. The van der Waals surface area contributed by atoms with Crippen LogP contribution in [0, 0.1) is 5.92 Å². The summed E-state index contributed by atoms with van der Waals surface area (Å²) in [6.45, 7) is 2.08. The maximum atomic E-state index is 11.5. The number of carboxylic acids is 1. The van der Waals surface area contributed by atoms with Gasteiger partial charge in [0.15, 0.2) is 0 Å². The lowest BCUT2D eigenvalue weighted by Crippen LogP contribution is -2.54. The molecule has 2 aliphatic carbocycles. The van der Waals surface area contributed by atoms with Crippen LogP contribution in [0.2, 0.25) is 0 Å². The maximum Gasteiger partial charge on any atom is 0.329 e. The van der Waals surface area contributed by atoms with Crippen LogP contribution in [0.4, 0.5) is 4.79 Å². The first-order chi connectivity index (χ1) is 7.03. The second kappa shape index (κ2) is 3.40. The molecule has 0 aliphatic heterocycles. The minimum Gasteiger partial charge on any atom is -0.480 e. The third kappa shape index (κ3) is 1.91. The summed E-state index contributed by atoms with van der Waals surface area (Å²) >= 11 is 0. The molecule has 0 aromatic rings. The van der Waals surface area contributed by atoms with Gasteiger partial charge in [0.1, 0.15) is 5.54 Å². The molecule has 0 bridgehead atoms. The van der Waals surface area contributed by atoms with Gasteiger partial charge in [-0.15, -0.1) is 0 Å². The lowest BCUT2D eigenvalue weighted by Gasteiger charge is -2.34. The number of urea groups is 1. The van der Waals surface area contributed by atoms with Gasteiger partial charge in [0.2, 0.25) is 0 Å². The molecule has 2 fully saturated rings. The van der Waals surface area contributed by atoms with Gasteiger partial charge in [0.05, 0.1) is 0 Å². The van der Waals surface area contributed by atoms with E-state index >= 15 is 0 Å². The highest BCUT2D eigenvalue weighted by Crippen LogP contribution is 2.35. The van der Waals surface area contributed by atoms with Crippen molar-refractivity contribution in [2.75, 3.05) is 0 Å². The van der Waals surface area contributed by atoms with E-state index < -0.39 is 11.5 Å². The SMILES string of the molecule is CC1CCC1NC(=O)NC1(C(=O)O)CC1. The van der Waals surface area contributed by atoms with Crippen molar-refractivity contribution in [3.63, 3.8) is 0 Å². The van der Waals surface area contributed by atoms with Crippen LogP contribution in [0.15, 0.2) is 0 Å². The number of carbonyl (C=O) groups excluding carboxylic acids is 1. The van der Waals surface area contributed by atoms with Crippen molar-refractivity contribution in [3.8, 4) is 0 Å². The fraction of sp³-hybridized carbons (Fsp3) is 0.800. The first-order valence-electron chi connectivity index (χ1n) is 5.35. The van der Waals surface area contributed by atoms with Gasteiger partial charge in [-0.1, -0.05) is 6.92 Å². The Kier molecular flexibility index (Phi) is 2.32. The quantitative estimate of drug-likeness (QED) is 0.644. The van der Waals surface area contributed by atoms with Crippen LogP contribution in [-0.4, -0.2) is 28.7 Å². The lowest BCUT2D eigenvalue weighted by molar-refractivity contribution is -0.140. The molecule has 0 spiro atoms. The first kappa shape index (κ1) is 10.3. The Hall–Kier alpha value is -1.26. The lowest BCUT2D eigenvalue weighted by atomic mass is 9.81. The predicted molar refractivity (Wildman–Crippen MR) is 53.5 cm³/mol. The standard InChI is InChI=1S/C10H16N2O3/c1-6-2-3-7(6)11-9(15)12-10(4-5-10)8(13)14/h6-7H,2-5H2,1H3,(H,13,14)(H2,11,12,15). The minimum atomic E-state index is -0.975. The summed E-state index contributed by atoms with van der Waals surface area (Å²) < 4.78 is 0. The van der Waals surface area contributed by atoms with Gasteiger partial charge in [-0.2, -0.15) is 0 Å². The first-order valence-corrected chi connectivity index (χ1v) is 5.35. The van der Waals surface area contributed by atoms with E-state index in [1.165, 1.54) is 0 Å². The number of hydrogen-bond acceptors (Lipinski definition) is 2. The van der Waals surface area contributed by atoms with E-state index in [4.69, 9.17) is 5.11 Å². The monoisotopic (exact) mass is 212 g/mol. The van der Waals surface area contributed by atoms with Crippen LogP contribution in [0.3, 0.4) is 0 Å². The van der Waals surface area contributed by atoms with Gasteiger partial charge in [0.25, 0.3) is 0 Å². The van der Waals surface area contributed by atoms with E-state index in [1.807, 2.05) is 0 Å². The van der Waals surface area contributed by atoms with Gasteiger partial charge in [0, 0.05) is 6.04 Å². The Bertz CT molecular complexity index is 299. The highest BCUT2D eigenvalue weighted by Gasteiger charge is 2.52. The number of carbonyl (C=O) groups is 2. The second-order valence-corrected chi connectivity index (χ2v) is 4.65. The van der Waals surface area contributed by atoms with Crippen molar-refractivity contribution < 1.29 is 14.7 Å². The van der Waals surface area contributed by atoms with Crippen molar-refractivity contribution in [1.29, 1.82) is 0 Å². The van der Waals surface area contributed by atoms with Gasteiger partial charge in [-0.3, -0.25) is 0 Å². The average Bonchev–Trinajstić information content (AvgIpc) is 2.93. The molecule has 0 radical (unpaired) electrons. The molecular weight excluding hydrogens is 196 g/mol.